The fraction of sp³-hybridized carbons (Fsp3) is 0.875. The van der Waals surface area contributed by atoms with Gasteiger partial charge in [0.1, 0.15) is 0 Å². The van der Waals surface area contributed by atoms with Crippen LogP contribution in [-0.4, -0.2) is 29.8 Å². The van der Waals surface area contributed by atoms with Gasteiger partial charge in [-0.15, -0.1) is 5.10 Å². The zero-order valence-electron chi connectivity index (χ0n) is 14.1. The van der Waals surface area contributed by atoms with Gasteiger partial charge in [0, 0.05) is 13.1 Å². The lowest BCUT2D eigenvalue weighted by molar-refractivity contribution is 0.219. The van der Waals surface area contributed by atoms with E-state index >= 15 is 0 Å². The maximum atomic E-state index is 5.77. The lowest BCUT2D eigenvalue weighted by atomic mass is 9.75. The summed E-state index contributed by atoms with van der Waals surface area (Å²) in [6.45, 7) is 10.7. The molecule has 1 saturated carbocycles. The summed E-state index contributed by atoms with van der Waals surface area (Å²) in [5, 5.41) is 11.7. The smallest absolute Gasteiger partial charge is 0.318 e. The predicted octanol–water partition coefficient (Wildman–Crippen LogP) is 3.22. The lowest BCUT2D eigenvalue weighted by Gasteiger charge is -2.37. The monoisotopic (exact) mass is 294 g/mol. The molecule has 2 rings (SSSR count). The molecule has 120 valence electrons. The standard InChI is InChI=1S/C16H30N4O/c1-12(2)10-17-11-14-18-19-15(21-14)20(5)13-6-8-16(3,4)9-7-13/h12-13,17H,6-11H2,1-5H3. The topological polar surface area (TPSA) is 54.2 Å². The van der Waals surface area contributed by atoms with Gasteiger partial charge in [-0.25, -0.2) is 0 Å². The third-order valence-corrected chi connectivity index (χ3v) is 4.44. The molecule has 21 heavy (non-hydrogen) atoms. The number of rotatable bonds is 6. The molecule has 1 aromatic rings. The molecule has 0 saturated heterocycles. The van der Waals surface area contributed by atoms with Crippen LogP contribution in [0.3, 0.4) is 0 Å². The third kappa shape index (κ3) is 4.70. The first-order valence-electron chi connectivity index (χ1n) is 8.13. The summed E-state index contributed by atoms with van der Waals surface area (Å²) >= 11 is 0. The molecule has 5 nitrogen and oxygen atoms in total. The van der Waals surface area contributed by atoms with Crippen molar-refractivity contribution in [1.29, 1.82) is 0 Å². The van der Waals surface area contributed by atoms with Gasteiger partial charge in [-0.1, -0.05) is 32.8 Å². The maximum absolute atomic E-state index is 5.77. The van der Waals surface area contributed by atoms with Crippen molar-refractivity contribution in [3.05, 3.63) is 5.89 Å². The molecule has 1 aromatic heterocycles. The highest BCUT2D eigenvalue weighted by Crippen LogP contribution is 2.37. The third-order valence-electron chi connectivity index (χ3n) is 4.44. The minimum absolute atomic E-state index is 0.484. The van der Waals surface area contributed by atoms with Crippen LogP contribution in [0, 0.1) is 11.3 Å². The summed E-state index contributed by atoms with van der Waals surface area (Å²) in [7, 11) is 2.07. The fourth-order valence-corrected chi connectivity index (χ4v) is 2.85. The van der Waals surface area contributed by atoms with Gasteiger partial charge in [0.05, 0.1) is 6.54 Å². The molecule has 1 heterocycles. The second kappa shape index (κ2) is 6.77. The second-order valence-corrected chi connectivity index (χ2v) is 7.51. The van der Waals surface area contributed by atoms with Gasteiger partial charge in [-0.3, -0.25) is 0 Å². The van der Waals surface area contributed by atoms with Crippen molar-refractivity contribution in [2.45, 2.75) is 66.0 Å². The molecule has 0 radical (unpaired) electrons. The van der Waals surface area contributed by atoms with E-state index in [0.29, 0.717) is 35.8 Å². The lowest BCUT2D eigenvalue weighted by Crippen LogP contribution is -2.37. The molecular weight excluding hydrogens is 264 g/mol. The van der Waals surface area contributed by atoms with Crippen LogP contribution in [0.1, 0.15) is 59.3 Å². The van der Waals surface area contributed by atoms with Crippen LogP contribution in [0.2, 0.25) is 0 Å². The molecule has 0 amide bonds. The van der Waals surface area contributed by atoms with Gasteiger partial charge in [-0.2, -0.15) is 0 Å². The van der Waals surface area contributed by atoms with Crippen LogP contribution in [0.25, 0.3) is 0 Å². The quantitative estimate of drug-likeness (QED) is 0.873. The highest BCUT2D eigenvalue weighted by atomic mass is 16.4. The van der Waals surface area contributed by atoms with E-state index in [1.165, 1.54) is 25.7 Å². The minimum Gasteiger partial charge on any atom is -0.407 e. The average molecular weight is 294 g/mol. The van der Waals surface area contributed by atoms with E-state index in [-0.39, 0.29) is 0 Å². The molecule has 1 N–H and O–H groups in total. The number of anilines is 1. The Balaban J connectivity index is 1.86. The Morgan fingerprint density at radius 3 is 2.57 bits per heavy atom. The van der Waals surface area contributed by atoms with Crippen molar-refractivity contribution in [3.63, 3.8) is 0 Å². The van der Waals surface area contributed by atoms with Gasteiger partial charge in [0.25, 0.3) is 0 Å². The zero-order chi connectivity index (χ0) is 15.5. The Morgan fingerprint density at radius 2 is 1.95 bits per heavy atom. The van der Waals surface area contributed by atoms with Crippen LogP contribution in [0.4, 0.5) is 6.01 Å². The van der Waals surface area contributed by atoms with Crippen molar-refractivity contribution in [2.75, 3.05) is 18.5 Å². The largest absolute Gasteiger partial charge is 0.407 e. The normalized spacial score (nSPS) is 19.1. The van der Waals surface area contributed by atoms with E-state index in [1.54, 1.807) is 0 Å². The molecule has 0 aromatic carbocycles. The van der Waals surface area contributed by atoms with Crippen LogP contribution in [0.5, 0.6) is 0 Å². The highest BCUT2D eigenvalue weighted by molar-refractivity contribution is 5.25. The zero-order valence-corrected chi connectivity index (χ0v) is 14.1. The summed E-state index contributed by atoms with van der Waals surface area (Å²) in [4.78, 5) is 2.16. The van der Waals surface area contributed by atoms with Gasteiger partial charge in [-0.05, 0) is 43.6 Å². The van der Waals surface area contributed by atoms with Crippen molar-refractivity contribution < 1.29 is 4.42 Å². The molecule has 0 atom stereocenters. The molecule has 1 fully saturated rings. The van der Waals surface area contributed by atoms with E-state index in [0.717, 1.165) is 6.54 Å². The van der Waals surface area contributed by atoms with E-state index in [9.17, 15) is 0 Å². The molecule has 0 unspecified atom stereocenters. The van der Waals surface area contributed by atoms with Crippen LogP contribution < -0.4 is 10.2 Å². The summed E-state index contributed by atoms with van der Waals surface area (Å²) in [5.74, 6) is 1.30. The highest BCUT2D eigenvalue weighted by Gasteiger charge is 2.30. The Kier molecular flexibility index (Phi) is 5.25. The molecule has 1 aliphatic carbocycles. The van der Waals surface area contributed by atoms with Gasteiger partial charge >= 0.3 is 6.01 Å². The molecule has 1 aliphatic rings. The maximum Gasteiger partial charge on any atom is 0.318 e. The predicted molar refractivity (Wildman–Crippen MR) is 85.3 cm³/mol. The first-order valence-corrected chi connectivity index (χ1v) is 8.13. The molecule has 0 aliphatic heterocycles. The van der Waals surface area contributed by atoms with Crippen molar-refractivity contribution in [2.24, 2.45) is 11.3 Å². The van der Waals surface area contributed by atoms with Gasteiger partial charge in [0.2, 0.25) is 5.89 Å². The first-order chi connectivity index (χ1) is 9.87. The van der Waals surface area contributed by atoms with Crippen molar-refractivity contribution in [1.82, 2.24) is 15.5 Å². The fourth-order valence-electron chi connectivity index (χ4n) is 2.85. The van der Waals surface area contributed by atoms with E-state index < -0.39 is 0 Å². The first kappa shape index (κ1) is 16.3. The summed E-state index contributed by atoms with van der Waals surface area (Å²) in [6.07, 6.45) is 4.93. The number of nitrogens with zero attached hydrogens (tertiary/aromatic N) is 3. The SMILES string of the molecule is CC(C)CNCc1nnc(N(C)C2CCC(C)(C)CC2)o1. The molecule has 0 bridgehead atoms. The molecule has 0 spiro atoms. The number of hydrogen-bond acceptors (Lipinski definition) is 5. The Morgan fingerprint density at radius 1 is 1.29 bits per heavy atom. The van der Waals surface area contributed by atoms with Crippen LogP contribution in [0.15, 0.2) is 4.42 Å². The van der Waals surface area contributed by atoms with Crippen LogP contribution in [-0.2, 0) is 6.54 Å². The number of nitrogens with one attached hydrogen (secondary N) is 1. The summed E-state index contributed by atoms with van der Waals surface area (Å²) in [6, 6.07) is 1.18. The number of aromatic nitrogens is 2. The van der Waals surface area contributed by atoms with Gasteiger partial charge in [0.15, 0.2) is 0 Å². The van der Waals surface area contributed by atoms with Crippen LogP contribution >= 0.6 is 0 Å². The van der Waals surface area contributed by atoms with E-state index in [1.807, 2.05) is 0 Å². The summed E-state index contributed by atoms with van der Waals surface area (Å²) < 4.78 is 5.77. The molecular formula is C16H30N4O. The van der Waals surface area contributed by atoms with Crippen molar-refractivity contribution >= 4 is 6.01 Å². The minimum atomic E-state index is 0.484. The Hall–Kier alpha value is -1.10. The second-order valence-electron chi connectivity index (χ2n) is 7.51. The van der Waals surface area contributed by atoms with E-state index in [4.69, 9.17) is 4.42 Å². The van der Waals surface area contributed by atoms with Gasteiger partial charge < -0.3 is 14.6 Å². The number of hydrogen-bond donors (Lipinski definition) is 1. The van der Waals surface area contributed by atoms with E-state index in [2.05, 4.69) is 55.2 Å². The average Bonchev–Trinajstić information content (AvgIpc) is 2.86. The Bertz CT molecular complexity index is 431. The Labute approximate surface area is 128 Å². The molecule has 5 heteroatoms. The van der Waals surface area contributed by atoms with Crippen molar-refractivity contribution in [3.8, 4) is 0 Å². The summed E-state index contributed by atoms with van der Waals surface area (Å²) in [5.41, 5.74) is 0.484.